The summed E-state index contributed by atoms with van der Waals surface area (Å²) >= 11 is 0. The molecule has 6 heterocycles. The van der Waals surface area contributed by atoms with Crippen molar-refractivity contribution in [3.05, 3.63) is 77.8 Å². The van der Waals surface area contributed by atoms with Crippen LogP contribution in [0.2, 0.25) is 0 Å². The maximum Gasteiger partial charge on any atom is 0.319 e. The van der Waals surface area contributed by atoms with Crippen LogP contribution in [0.3, 0.4) is 0 Å². The van der Waals surface area contributed by atoms with Crippen molar-refractivity contribution >= 4 is 11.5 Å². The number of hydrogen-bond acceptors (Lipinski definition) is 7. The Labute approximate surface area is 171 Å². The fourth-order valence-corrected chi connectivity index (χ4v) is 4.01. The van der Waals surface area contributed by atoms with Gasteiger partial charge in [0.05, 0.1) is 23.2 Å². The third kappa shape index (κ3) is 2.59. The van der Waals surface area contributed by atoms with Crippen LogP contribution in [-0.2, 0) is 6.42 Å². The number of pyridine rings is 2. The smallest absolute Gasteiger partial charge is 0.319 e. The summed E-state index contributed by atoms with van der Waals surface area (Å²) in [6, 6.07) is 12.1. The summed E-state index contributed by atoms with van der Waals surface area (Å²) < 4.78 is 7.94. The second kappa shape index (κ2) is 6.51. The van der Waals surface area contributed by atoms with Crippen molar-refractivity contribution in [2.45, 2.75) is 19.4 Å². The van der Waals surface area contributed by atoms with E-state index in [1.165, 1.54) is 0 Å². The standard InChI is InChI=1S/C21H18N8O/c1-13-5-4-8-22-17(13)20-25-26-21(30-20)28-10-7-15-18(24-12-23-15)19(28)16-11-14-6-2-3-9-29(14)27-16/h2-6,8-9,11-12,19H,7,10H2,1H3,(H,23,24)/t19-/m0/s1. The molecule has 0 amide bonds. The van der Waals surface area contributed by atoms with E-state index in [0.29, 0.717) is 24.1 Å². The molecule has 9 nitrogen and oxygen atoms in total. The highest BCUT2D eigenvalue weighted by molar-refractivity contribution is 5.55. The molecular formula is C21H18N8O. The molecule has 0 unspecified atom stereocenters. The fraction of sp³-hybridized carbons (Fsp3) is 0.190. The number of imidazole rings is 1. The molecule has 6 rings (SSSR count). The van der Waals surface area contributed by atoms with E-state index >= 15 is 0 Å². The number of aryl methyl sites for hydroxylation is 1. The molecule has 5 aromatic heterocycles. The van der Waals surface area contributed by atoms with Crippen LogP contribution in [0.5, 0.6) is 0 Å². The lowest BCUT2D eigenvalue weighted by atomic mass is 10.0. The molecule has 0 aromatic carbocycles. The molecular weight excluding hydrogens is 380 g/mol. The van der Waals surface area contributed by atoms with Gasteiger partial charge >= 0.3 is 6.01 Å². The molecule has 1 N–H and O–H groups in total. The molecule has 0 fully saturated rings. The molecule has 0 saturated heterocycles. The van der Waals surface area contributed by atoms with Gasteiger partial charge < -0.3 is 14.3 Å². The van der Waals surface area contributed by atoms with Crippen LogP contribution in [0.25, 0.3) is 17.1 Å². The lowest BCUT2D eigenvalue weighted by molar-refractivity contribution is 0.502. The number of aromatic nitrogens is 7. The van der Waals surface area contributed by atoms with E-state index < -0.39 is 0 Å². The quantitative estimate of drug-likeness (QED) is 0.498. The maximum absolute atomic E-state index is 6.08. The van der Waals surface area contributed by atoms with Crippen LogP contribution in [0.4, 0.5) is 6.01 Å². The van der Waals surface area contributed by atoms with Gasteiger partial charge in [-0.3, -0.25) is 4.98 Å². The molecule has 30 heavy (non-hydrogen) atoms. The molecule has 0 aliphatic carbocycles. The second-order valence-corrected chi connectivity index (χ2v) is 7.31. The monoisotopic (exact) mass is 398 g/mol. The minimum absolute atomic E-state index is 0.224. The summed E-state index contributed by atoms with van der Waals surface area (Å²) in [6.45, 7) is 2.68. The molecule has 1 atom stereocenters. The number of H-pyrrole nitrogens is 1. The molecule has 1 aliphatic heterocycles. The molecule has 0 spiro atoms. The van der Waals surface area contributed by atoms with E-state index in [1.54, 1.807) is 12.5 Å². The van der Waals surface area contributed by atoms with Crippen molar-refractivity contribution in [3.8, 4) is 11.6 Å². The Hall–Kier alpha value is -4.01. The minimum atomic E-state index is -0.224. The summed E-state index contributed by atoms with van der Waals surface area (Å²) in [6.07, 6.45) is 6.20. The van der Waals surface area contributed by atoms with Crippen molar-refractivity contribution in [2.24, 2.45) is 0 Å². The van der Waals surface area contributed by atoms with Crippen molar-refractivity contribution in [2.75, 3.05) is 11.4 Å². The van der Waals surface area contributed by atoms with Gasteiger partial charge in [0.15, 0.2) is 0 Å². The number of anilines is 1. The van der Waals surface area contributed by atoms with Crippen LogP contribution in [0.1, 0.15) is 28.7 Å². The zero-order valence-electron chi connectivity index (χ0n) is 16.2. The molecule has 1 aliphatic rings. The van der Waals surface area contributed by atoms with Gasteiger partial charge in [-0.05, 0) is 36.8 Å². The summed E-state index contributed by atoms with van der Waals surface area (Å²) in [4.78, 5) is 14.3. The number of nitrogens with zero attached hydrogens (tertiary/aromatic N) is 7. The van der Waals surface area contributed by atoms with Crippen LogP contribution < -0.4 is 4.90 Å². The average molecular weight is 398 g/mol. The fourth-order valence-electron chi connectivity index (χ4n) is 4.01. The van der Waals surface area contributed by atoms with Crippen LogP contribution in [0, 0.1) is 6.92 Å². The van der Waals surface area contributed by atoms with E-state index in [-0.39, 0.29) is 6.04 Å². The number of aromatic amines is 1. The number of fused-ring (bicyclic) bond motifs is 2. The molecule has 9 heteroatoms. The highest BCUT2D eigenvalue weighted by Crippen LogP contribution is 2.37. The lowest BCUT2D eigenvalue weighted by Gasteiger charge is -2.32. The molecule has 0 bridgehead atoms. The lowest BCUT2D eigenvalue weighted by Crippen LogP contribution is -2.36. The number of hydrogen-bond donors (Lipinski definition) is 1. The molecule has 5 aromatic rings. The van der Waals surface area contributed by atoms with Crippen molar-refractivity contribution in [1.82, 2.24) is 34.8 Å². The largest absolute Gasteiger partial charge is 0.402 e. The zero-order valence-corrected chi connectivity index (χ0v) is 16.2. The molecule has 0 saturated carbocycles. The third-order valence-electron chi connectivity index (χ3n) is 5.47. The second-order valence-electron chi connectivity index (χ2n) is 7.31. The van der Waals surface area contributed by atoms with E-state index in [2.05, 4.69) is 36.1 Å². The Morgan fingerprint density at radius 1 is 1.13 bits per heavy atom. The first-order chi connectivity index (χ1) is 14.8. The van der Waals surface area contributed by atoms with E-state index in [4.69, 9.17) is 9.52 Å². The minimum Gasteiger partial charge on any atom is -0.402 e. The number of nitrogens with one attached hydrogen (secondary N) is 1. The SMILES string of the molecule is Cc1cccnc1-c1nnc(N2CCc3[nH]cnc3[C@@H]2c2cc3ccccn3n2)o1. The van der Waals surface area contributed by atoms with Gasteiger partial charge in [-0.2, -0.15) is 5.10 Å². The molecule has 148 valence electrons. The van der Waals surface area contributed by atoms with Crippen molar-refractivity contribution < 1.29 is 4.42 Å². The topological polar surface area (TPSA) is 101 Å². The van der Waals surface area contributed by atoms with Crippen molar-refractivity contribution in [3.63, 3.8) is 0 Å². The van der Waals surface area contributed by atoms with Crippen molar-refractivity contribution in [1.29, 1.82) is 0 Å². The summed E-state index contributed by atoms with van der Waals surface area (Å²) in [5.41, 5.74) is 5.61. The zero-order chi connectivity index (χ0) is 20.1. The Morgan fingerprint density at radius 3 is 3.00 bits per heavy atom. The predicted octanol–water partition coefficient (Wildman–Crippen LogP) is 2.96. The van der Waals surface area contributed by atoms with Gasteiger partial charge in [-0.15, -0.1) is 5.10 Å². The van der Waals surface area contributed by atoms with Gasteiger partial charge in [-0.1, -0.05) is 17.2 Å². The van der Waals surface area contributed by atoms with E-state index in [9.17, 15) is 0 Å². The third-order valence-corrected chi connectivity index (χ3v) is 5.47. The summed E-state index contributed by atoms with van der Waals surface area (Å²) in [7, 11) is 0. The summed E-state index contributed by atoms with van der Waals surface area (Å²) in [5.74, 6) is 0.407. The Kier molecular flexibility index (Phi) is 3.67. The van der Waals surface area contributed by atoms with Gasteiger partial charge in [0.1, 0.15) is 11.7 Å². The summed E-state index contributed by atoms with van der Waals surface area (Å²) in [5, 5.41) is 13.4. The van der Waals surface area contributed by atoms with Crippen LogP contribution in [0.15, 0.2) is 59.5 Å². The Morgan fingerprint density at radius 2 is 2.10 bits per heavy atom. The predicted molar refractivity (Wildman–Crippen MR) is 109 cm³/mol. The first-order valence-electron chi connectivity index (χ1n) is 9.76. The van der Waals surface area contributed by atoms with Gasteiger partial charge in [-0.25, -0.2) is 9.50 Å². The maximum atomic E-state index is 6.08. The van der Waals surface area contributed by atoms with Gasteiger partial charge in [0.2, 0.25) is 0 Å². The first kappa shape index (κ1) is 16.9. The van der Waals surface area contributed by atoms with E-state index in [0.717, 1.165) is 34.6 Å². The van der Waals surface area contributed by atoms with E-state index in [1.807, 2.05) is 48.0 Å². The van der Waals surface area contributed by atoms with Crippen LogP contribution >= 0.6 is 0 Å². The molecule has 0 radical (unpaired) electrons. The van der Waals surface area contributed by atoms with Gasteiger partial charge in [0.25, 0.3) is 5.89 Å². The Bertz CT molecular complexity index is 1320. The van der Waals surface area contributed by atoms with Crippen LogP contribution in [-0.4, -0.2) is 41.3 Å². The first-order valence-corrected chi connectivity index (χ1v) is 9.76. The normalized spacial score (nSPS) is 16.2. The highest BCUT2D eigenvalue weighted by atomic mass is 16.4. The number of rotatable bonds is 3. The Balaban J connectivity index is 1.45. The highest BCUT2D eigenvalue weighted by Gasteiger charge is 2.36. The van der Waals surface area contributed by atoms with Gasteiger partial charge in [0, 0.05) is 31.1 Å². The average Bonchev–Trinajstić information content (AvgIpc) is 3.51.